The normalized spacial score (nSPS) is 20.7. The molecule has 1 aromatic carbocycles. The van der Waals surface area contributed by atoms with Gasteiger partial charge in [0.15, 0.2) is 0 Å². The van der Waals surface area contributed by atoms with Crippen molar-refractivity contribution in [2.24, 2.45) is 0 Å². The molecule has 136 valence electrons. The van der Waals surface area contributed by atoms with Gasteiger partial charge in [-0.15, -0.1) is 0 Å². The zero-order chi connectivity index (χ0) is 17.6. The van der Waals surface area contributed by atoms with Crippen LogP contribution in [0.5, 0.6) is 0 Å². The lowest BCUT2D eigenvalue weighted by Crippen LogP contribution is -2.40. The maximum Gasteiger partial charge on any atom is 0.0898 e. The minimum absolute atomic E-state index is 0.111. The fourth-order valence-corrected chi connectivity index (χ4v) is 3.41. The number of aryl methyl sites for hydroxylation is 1. The fraction of sp³-hybridized carbons (Fsp3) is 0.550. The Kier molecular flexibility index (Phi) is 6.24. The van der Waals surface area contributed by atoms with Crippen LogP contribution in [0.25, 0.3) is 0 Å². The second kappa shape index (κ2) is 8.61. The van der Waals surface area contributed by atoms with Crippen molar-refractivity contribution in [2.75, 3.05) is 13.2 Å². The van der Waals surface area contributed by atoms with Crippen LogP contribution >= 0.6 is 0 Å². The molecule has 25 heavy (non-hydrogen) atoms. The zero-order valence-electron chi connectivity index (χ0n) is 15.1. The predicted molar refractivity (Wildman–Crippen MR) is 98.5 cm³/mol. The summed E-state index contributed by atoms with van der Waals surface area (Å²) in [4.78, 5) is 0. The zero-order valence-corrected chi connectivity index (χ0v) is 15.1. The largest absolute Gasteiger partial charge is 0.389 e. The molecule has 0 fully saturated rings. The molecule has 0 spiro atoms. The van der Waals surface area contributed by atoms with Crippen LogP contribution in [0.4, 0.5) is 0 Å². The van der Waals surface area contributed by atoms with Crippen molar-refractivity contribution in [1.29, 1.82) is 0 Å². The molecule has 0 aliphatic heterocycles. The Bertz CT molecular complexity index is 644. The second-order valence-corrected chi connectivity index (χ2v) is 6.99. The summed E-state index contributed by atoms with van der Waals surface area (Å²) in [5, 5.41) is 17.9. The minimum atomic E-state index is -0.513. The molecule has 5 heteroatoms. The third-order valence-corrected chi connectivity index (χ3v) is 5.15. The third-order valence-electron chi connectivity index (χ3n) is 5.15. The Morgan fingerprint density at radius 3 is 2.96 bits per heavy atom. The molecule has 1 heterocycles. The van der Waals surface area contributed by atoms with E-state index in [2.05, 4.69) is 48.5 Å². The van der Waals surface area contributed by atoms with E-state index in [0.29, 0.717) is 13.2 Å². The van der Waals surface area contributed by atoms with Gasteiger partial charge < -0.3 is 15.2 Å². The van der Waals surface area contributed by atoms with E-state index in [-0.39, 0.29) is 18.2 Å². The first-order chi connectivity index (χ1) is 12.1. The molecule has 0 radical (unpaired) electrons. The van der Waals surface area contributed by atoms with Crippen LogP contribution in [0.1, 0.15) is 50.0 Å². The van der Waals surface area contributed by atoms with Crippen molar-refractivity contribution in [3.05, 3.63) is 53.9 Å². The van der Waals surface area contributed by atoms with E-state index in [1.807, 2.05) is 16.9 Å². The number of aliphatic hydroxyl groups excluding tert-OH is 1. The SMILES string of the molecule is CC(NCC(O)COC1CCCc2ccccc21)C(C)n1cccn1. The van der Waals surface area contributed by atoms with E-state index in [1.165, 1.54) is 11.1 Å². The molecule has 2 N–H and O–H groups in total. The molecule has 3 rings (SSSR count). The average molecular weight is 343 g/mol. The van der Waals surface area contributed by atoms with Crippen LogP contribution in [0.2, 0.25) is 0 Å². The highest BCUT2D eigenvalue weighted by Crippen LogP contribution is 2.32. The molecule has 5 nitrogen and oxygen atoms in total. The monoisotopic (exact) mass is 343 g/mol. The number of hydrogen-bond acceptors (Lipinski definition) is 4. The van der Waals surface area contributed by atoms with Gasteiger partial charge >= 0.3 is 0 Å². The van der Waals surface area contributed by atoms with Gasteiger partial charge in [0.05, 0.1) is 24.9 Å². The van der Waals surface area contributed by atoms with E-state index in [4.69, 9.17) is 4.74 Å². The first kappa shape index (κ1) is 18.1. The van der Waals surface area contributed by atoms with Gasteiger partial charge in [0.2, 0.25) is 0 Å². The van der Waals surface area contributed by atoms with Gasteiger partial charge in [0.25, 0.3) is 0 Å². The maximum absolute atomic E-state index is 10.3. The first-order valence-electron chi connectivity index (χ1n) is 9.25. The van der Waals surface area contributed by atoms with Gasteiger partial charge in [0, 0.05) is 25.0 Å². The number of nitrogens with zero attached hydrogens (tertiary/aromatic N) is 2. The van der Waals surface area contributed by atoms with Crippen molar-refractivity contribution in [3.8, 4) is 0 Å². The maximum atomic E-state index is 10.3. The Morgan fingerprint density at radius 2 is 2.16 bits per heavy atom. The van der Waals surface area contributed by atoms with Crippen LogP contribution in [0, 0.1) is 0 Å². The molecule has 4 unspecified atom stereocenters. The van der Waals surface area contributed by atoms with Crippen molar-refractivity contribution >= 4 is 0 Å². The fourth-order valence-electron chi connectivity index (χ4n) is 3.41. The minimum Gasteiger partial charge on any atom is -0.389 e. The summed E-state index contributed by atoms with van der Waals surface area (Å²) in [6.45, 7) is 5.10. The molecule has 1 aliphatic carbocycles. The van der Waals surface area contributed by atoms with Crippen LogP contribution in [0.15, 0.2) is 42.7 Å². The van der Waals surface area contributed by atoms with Crippen molar-refractivity contribution in [1.82, 2.24) is 15.1 Å². The quantitative estimate of drug-likeness (QED) is 0.774. The van der Waals surface area contributed by atoms with E-state index in [0.717, 1.165) is 19.3 Å². The standard InChI is InChI=1S/C20H29N3O2/c1-15(16(2)23-12-6-11-22-23)21-13-18(24)14-25-20-10-5-8-17-7-3-4-9-19(17)20/h3-4,6-7,9,11-12,15-16,18,20-21,24H,5,8,10,13-14H2,1-2H3. The van der Waals surface area contributed by atoms with Crippen molar-refractivity contribution in [3.63, 3.8) is 0 Å². The molecule has 0 saturated carbocycles. The number of hydrogen-bond donors (Lipinski definition) is 2. The summed E-state index contributed by atoms with van der Waals surface area (Å²) in [5.41, 5.74) is 2.67. The van der Waals surface area contributed by atoms with Crippen molar-refractivity contribution < 1.29 is 9.84 Å². The Morgan fingerprint density at radius 1 is 1.32 bits per heavy atom. The number of nitrogens with one attached hydrogen (secondary N) is 1. The summed E-state index contributed by atoms with van der Waals surface area (Å²) in [6, 6.07) is 10.9. The smallest absolute Gasteiger partial charge is 0.0898 e. The Hall–Kier alpha value is -1.69. The van der Waals surface area contributed by atoms with Crippen LogP contribution in [0.3, 0.4) is 0 Å². The highest BCUT2D eigenvalue weighted by atomic mass is 16.5. The molecule has 2 aromatic rings. The number of benzene rings is 1. The second-order valence-electron chi connectivity index (χ2n) is 6.99. The van der Waals surface area contributed by atoms with Crippen LogP contribution in [-0.4, -0.2) is 40.2 Å². The molecular formula is C20H29N3O2. The molecule has 0 bridgehead atoms. The summed E-state index contributed by atoms with van der Waals surface area (Å²) in [5.74, 6) is 0. The van der Waals surface area contributed by atoms with E-state index >= 15 is 0 Å². The van der Waals surface area contributed by atoms with Gasteiger partial charge in [-0.05, 0) is 50.3 Å². The van der Waals surface area contributed by atoms with Gasteiger partial charge in [-0.1, -0.05) is 24.3 Å². The van der Waals surface area contributed by atoms with Gasteiger partial charge in [-0.3, -0.25) is 4.68 Å². The average Bonchev–Trinajstić information content (AvgIpc) is 3.18. The highest BCUT2D eigenvalue weighted by molar-refractivity contribution is 5.31. The van der Waals surface area contributed by atoms with E-state index in [9.17, 15) is 5.11 Å². The Labute approximate surface area is 150 Å². The molecule has 1 aromatic heterocycles. The van der Waals surface area contributed by atoms with Crippen molar-refractivity contribution in [2.45, 2.75) is 57.4 Å². The van der Waals surface area contributed by atoms with E-state index in [1.54, 1.807) is 6.20 Å². The molecular weight excluding hydrogens is 314 g/mol. The number of rotatable bonds is 8. The van der Waals surface area contributed by atoms with Crippen LogP contribution in [-0.2, 0) is 11.2 Å². The molecule has 0 saturated heterocycles. The number of aliphatic hydroxyl groups is 1. The topological polar surface area (TPSA) is 59.3 Å². The number of fused-ring (bicyclic) bond motifs is 1. The number of aromatic nitrogens is 2. The van der Waals surface area contributed by atoms with E-state index < -0.39 is 6.10 Å². The lowest BCUT2D eigenvalue weighted by molar-refractivity contribution is -0.0176. The highest BCUT2D eigenvalue weighted by Gasteiger charge is 2.21. The Balaban J connectivity index is 1.43. The lowest BCUT2D eigenvalue weighted by Gasteiger charge is -2.27. The van der Waals surface area contributed by atoms with Gasteiger partial charge in [-0.2, -0.15) is 5.10 Å². The molecule has 4 atom stereocenters. The summed E-state index contributed by atoms with van der Waals surface area (Å²) < 4.78 is 7.96. The summed E-state index contributed by atoms with van der Waals surface area (Å²) >= 11 is 0. The van der Waals surface area contributed by atoms with Crippen LogP contribution < -0.4 is 5.32 Å². The summed E-state index contributed by atoms with van der Waals surface area (Å²) in [7, 11) is 0. The predicted octanol–water partition coefficient (Wildman–Crippen LogP) is 2.88. The number of ether oxygens (including phenoxy) is 1. The first-order valence-corrected chi connectivity index (χ1v) is 9.25. The van der Waals surface area contributed by atoms with Gasteiger partial charge in [-0.25, -0.2) is 0 Å². The molecule has 0 amide bonds. The van der Waals surface area contributed by atoms with Gasteiger partial charge in [0.1, 0.15) is 0 Å². The summed E-state index contributed by atoms with van der Waals surface area (Å²) in [6.07, 6.45) is 6.65. The third kappa shape index (κ3) is 4.69. The molecule has 1 aliphatic rings. The lowest BCUT2D eigenvalue weighted by atomic mass is 9.89.